The Balaban J connectivity index is 1.53. The molecule has 1 aliphatic rings. The lowest BCUT2D eigenvalue weighted by Gasteiger charge is -2.28. The molecule has 0 aliphatic heterocycles. The van der Waals surface area contributed by atoms with Crippen molar-refractivity contribution in [3.05, 3.63) is 29.8 Å². The lowest BCUT2D eigenvalue weighted by atomic mass is 9.78. The number of rotatable bonds is 10. The number of hydrogen-bond acceptors (Lipinski definition) is 1. The minimum absolute atomic E-state index is 0.421. The highest BCUT2D eigenvalue weighted by atomic mass is 19.2. The zero-order chi connectivity index (χ0) is 17.2. The van der Waals surface area contributed by atoms with E-state index in [9.17, 15) is 8.78 Å². The molecular formula is C21H32F2O. The predicted molar refractivity (Wildman–Crippen MR) is 95.3 cm³/mol. The first kappa shape index (κ1) is 19.2. The van der Waals surface area contributed by atoms with Crippen LogP contribution in [0.2, 0.25) is 0 Å². The van der Waals surface area contributed by atoms with Gasteiger partial charge in [-0.05, 0) is 36.8 Å². The summed E-state index contributed by atoms with van der Waals surface area (Å²) in [5, 5.41) is 0. The molecule has 1 nitrogen and oxygen atoms in total. The maximum absolute atomic E-state index is 13.1. The molecule has 0 amide bonds. The first-order valence-electron chi connectivity index (χ1n) is 9.77. The molecule has 2 rings (SSSR count). The lowest BCUT2D eigenvalue weighted by Crippen LogP contribution is -2.15. The molecule has 1 saturated carbocycles. The first-order valence-corrected chi connectivity index (χ1v) is 9.77. The molecule has 0 aromatic heterocycles. The molecule has 136 valence electrons. The van der Waals surface area contributed by atoms with E-state index in [4.69, 9.17) is 4.74 Å². The van der Waals surface area contributed by atoms with Gasteiger partial charge in [0.1, 0.15) is 5.75 Å². The summed E-state index contributed by atoms with van der Waals surface area (Å²) in [7, 11) is 0. The Morgan fingerprint density at radius 1 is 0.875 bits per heavy atom. The number of halogens is 2. The Morgan fingerprint density at radius 3 is 2.17 bits per heavy atom. The predicted octanol–water partition coefficient (Wildman–Crippen LogP) is 6.90. The SMILES string of the molecule is CCCCCC[C@H]1CC[C@H](CCCOc2ccc(F)c(F)c2)CC1. The third kappa shape index (κ3) is 6.78. The van der Waals surface area contributed by atoms with Gasteiger partial charge in [-0.1, -0.05) is 64.7 Å². The van der Waals surface area contributed by atoms with E-state index in [0.717, 1.165) is 30.4 Å². The van der Waals surface area contributed by atoms with Crippen molar-refractivity contribution in [3.8, 4) is 5.75 Å². The molecule has 0 atom stereocenters. The monoisotopic (exact) mass is 338 g/mol. The molecule has 0 spiro atoms. The van der Waals surface area contributed by atoms with Crippen molar-refractivity contribution in [1.82, 2.24) is 0 Å². The van der Waals surface area contributed by atoms with E-state index in [1.165, 1.54) is 70.3 Å². The number of ether oxygens (including phenoxy) is 1. The molecule has 0 unspecified atom stereocenters. The minimum Gasteiger partial charge on any atom is -0.493 e. The Morgan fingerprint density at radius 2 is 1.54 bits per heavy atom. The molecule has 0 bridgehead atoms. The molecule has 1 aliphatic carbocycles. The van der Waals surface area contributed by atoms with Crippen LogP contribution in [-0.2, 0) is 0 Å². The third-order valence-corrected chi connectivity index (χ3v) is 5.35. The van der Waals surface area contributed by atoms with Crippen LogP contribution in [-0.4, -0.2) is 6.61 Å². The summed E-state index contributed by atoms with van der Waals surface area (Å²) in [6.45, 7) is 2.85. The van der Waals surface area contributed by atoms with Crippen LogP contribution < -0.4 is 4.74 Å². The number of unbranched alkanes of at least 4 members (excludes halogenated alkanes) is 3. The average molecular weight is 338 g/mol. The van der Waals surface area contributed by atoms with E-state index in [1.54, 1.807) is 0 Å². The lowest BCUT2D eigenvalue weighted by molar-refractivity contribution is 0.227. The van der Waals surface area contributed by atoms with Crippen LogP contribution in [0.4, 0.5) is 8.78 Å². The molecular weight excluding hydrogens is 306 g/mol. The molecule has 3 heteroatoms. The second-order valence-corrected chi connectivity index (χ2v) is 7.30. The second kappa shape index (κ2) is 10.7. The zero-order valence-corrected chi connectivity index (χ0v) is 15.0. The van der Waals surface area contributed by atoms with Crippen molar-refractivity contribution in [2.75, 3.05) is 6.61 Å². The quantitative estimate of drug-likeness (QED) is 0.422. The van der Waals surface area contributed by atoms with Gasteiger partial charge in [0, 0.05) is 6.07 Å². The number of benzene rings is 1. The zero-order valence-electron chi connectivity index (χ0n) is 15.0. The van der Waals surface area contributed by atoms with Crippen LogP contribution in [0.15, 0.2) is 18.2 Å². The molecule has 24 heavy (non-hydrogen) atoms. The fourth-order valence-electron chi connectivity index (χ4n) is 3.80. The molecule has 0 saturated heterocycles. The van der Waals surface area contributed by atoms with Gasteiger partial charge >= 0.3 is 0 Å². The highest BCUT2D eigenvalue weighted by molar-refractivity contribution is 5.23. The van der Waals surface area contributed by atoms with E-state index in [-0.39, 0.29) is 0 Å². The van der Waals surface area contributed by atoms with Crippen molar-refractivity contribution in [2.24, 2.45) is 11.8 Å². The van der Waals surface area contributed by atoms with E-state index in [1.807, 2.05) is 0 Å². The van der Waals surface area contributed by atoms with Crippen LogP contribution in [0.3, 0.4) is 0 Å². The van der Waals surface area contributed by atoms with Gasteiger partial charge in [-0.15, -0.1) is 0 Å². The average Bonchev–Trinajstić information content (AvgIpc) is 2.60. The third-order valence-electron chi connectivity index (χ3n) is 5.35. The van der Waals surface area contributed by atoms with Gasteiger partial charge in [-0.3, -0.25) is 0 Å². The summed E-state index contributed by atoms with van der Waals surface area (Å²) in [6.07, 6.45) is 14.6. The normalized spacial score (nSPS) is 21.0. The highest BCUT2D eigenvalue weighted by Gasteiger charge is 2.20. The highest BCUT2D eigenvalue weighted by Crippen LogP contribution is 2.34. The fraction of sp³-hybridized carbons (Fsp3) is 0.714. The summed E-state index contributed by atoms with van der Waals surface area (Å²) in [5.41, 5.74) is 0. The molecule has 1 aromatic carbocycles. The smallest absolute Gasteiger partial charge is 0.162 e. The van der Waals surface area contributed by atoms with Crippen molar-refractivity contribution in [1.29, 1.82) is 0 Å². The summed E-state index contributed by atoms with van der Waals surface area (Å²) >= 11 is 0. The largest absolute Gasteiger partial charge is 0.493 e. The van der Waals surface area contributed by atoms with Gasteiger partial charge in [0.2, 0.25) is 0 Å². The number of hydrogen-bond donors (Lipinski definition) is 0. The van der Waals surface area contributed by atoms with Crippen LogP contribution >= 0.6 is 0 Å². The van der Waals surface area contributed by atoms with Gasteiger partial charge < -0.3 is 4.74 Å². The molecule has 1 fully saturated rings. The molecule has 0 radical (unpaired) electrons. The van der Waals surface area contributed by atoms with Crippen LogP contribution in [0.5, 0.6) is 5.75 Å². The Hall–Kier alpha value is -1.12. The Kier molecular flexibility index (Phi) is 8.55. The summed E-state index contributed by atoms with van der Waals surface area (Å²) in [4.78, 5) is 0. The Labute approximate surface area is 145 Å². The van der Waals surface area contributed by atoms with E-state index < -0.39 is 11.6 Å². The van der Waals surface area contributed by atoms with Gasteiger partial charge in [0.15, 0.2) is 11.6 Å². The van der Waals surface area contributed by atoms with Crippen molar-refractivity contribution < 1.29 is 13.5 Å². The van der Waals surface area contributed by atoms with Crippen molar-refractivity contribution in [3.63, 3.8) is 0 Å². The fourth-order valence-corrected chi connectivity index (χ4v) is 3.80. The van der Waals surface area contributed by atoms with Crippen LogP contribution in [0.1, 0.15) is 77.6 Å². The van der Waals surface area contributed by atoms with Gasteiger partial charge in [0.25, 0.3) is 0 Å². The maximum Gasteiger partial charge on any atom is 0.162 e. The second-order valence-electron chi connectivity index (χ2n) is 7.30. The summed E-state index contributed by atoms with van der Waals surface area (Å²) in [6, 6.07) is 3.73. The van der Waals surface area contributed by atoms with Gasteiger partial charge in [0.05, 0.1) is 6.61 Å². The standard InChI is InChI=1S/C21H32F2O/c1-2-3-4-5-7-17-9-11-18(12-10-17)8-6-15-24-19-13-14-20(22)21(23)16-19/h13-14,16-18H,2-12,15H2,1H3/t17-,18-. The van der Waals surface area contributed by atoms with Gasteiger partial charge in [-0.2, -0.15) is 0 Å². The summed E-state index contributed by atoms with van der Waals surface area (Å²) in [5.74, 6) is 0.533. The van der Waals surface area contributed by atoms with Crippen molar-refractivity contribution >= 4 is 0 Å². The summed E-state index contributed by atoms with van der Waals surface area (Å²) < 4.78 is 31.5. The maximum atomic E-state index is 13.1. The molecule has 1 aromatic rings. The topological polar surface area (TPSA) is 9.23 Å². The van der Waals surface area contributed by atoms with E-state index in [0.29, 0.717) is 12.4 Å². The Bertz CT molecular complexity index is 467. The van der Waals surface area contributed by atoms with Crippen LogP contribution in [0, 0.1) is 23.5 Å². The molecule has 0 N–H and O–H groups in total. The van der Waals surface area contributed by atoms with Gasteiger partial charge in [-0.25, -0.2) is 8.78 Å². The van der Waals surface area contributed by atoms with E-state index in [2.05, 4.69) is 6.92 Å². The van der Waals surface area contributed by atoms with E-state index >= 15 is 0 Å². The van der Waals surface area contributed by atoms with Crippen LogP contribution in [0.25, 0.3) is 0 Å². The first-order chi connectivity index (χ1) is 11.7. The molecule has 0 heterocycles. The minimum atomic E-state index is -0.843. The van der Waals surface area contributed by atoms with Crippen molar-refractivity contribution in [2.45, 2.75) is 77.6 Å².